The van der Waals surface area contributed by atoms with Gasteiger partial charge >= 0.3 is 5.97 Å². The molecule has 0 radical (unpaired) electrons. The summed E-state index contributed by atoms with van der Waals surface area (Å²) in [6, 6.07) is 3.63. The van der Waals surface area contributed by atoms with Crippen molar-refractivity contribution in [1.29, 1.82) is 0 Å². The second-order valence-corrected chi connectivity index (χ2v) is 7.33. The van der Waals surface area contributed by atoms with E-state index in [1.807, 2.05) is 0 Å². The van der Waals surface area contributed by atoms with E-state index in [4.69, 9.17) is 21.4 Å². The van der Waals surface area contributed by atoms with Gasteiger partial charge in [-0.1, -0.05) is 11.6 Å². The number of carboxylic acid groups (broad SMARTS) is 1. The summed E-state index contributed by atoms with van der Waals surface area (Å²) in [5.74, 6) is -1.26. The number of sulfonamides is 1. The van der Waals surface area contributed by atoms with Crippen LogP contribution in [0.4, 0.5) is 0 Å². The van der Waals surface area contributed by atoms with Crippen molar-refractivity contribution >= 4 is 27.6 Å². The number of nitrogens with zero attached hydrogens (tertiary/aromatic N) is 1. The van der Waals surface area contributed by atoms with Crippen LogP contribution in [0.15, 0.2) is 23.1 Å². The minimum absolute atomic E-state index is 0.00349. The second-order valence-electron chi connectivity index (χ2n) is 5.15. The van der Waals surface area contributed by atoms with Crippen molar-refractivity contribution < 1.29 is 23.1 Å². The standard InChI is InChI=1S/C14H19ClN2O5S/c15-13-3-2-11(10-12(13)14(18)19)23(20,21)16-4-1-5-17-6-8-22-9-7-17/h2-3,10,16H,1,4-9H2,(H,18,19). The molecular weight excluding hydrogens is 344 g/mol. The monoisotopic (exact) mass is 362 g/mol. The first-order valence-electron chi connectivity index (χ1n) is 7.23. The molecule has 0 unspecified atom stereocenters. The van der Waals surface area contributed by atoms with E-state index in [1.165, 1.54) is 12.1 Å². The Labute approximate surface area is 140 Å². The van der Waals surface area contributed by atoms with Crippen LogP contribution in [0.25, 0.3) is 0 Å². The molecule has 0 atom stereocenters. The molecule has 2 N–H and O–H groups in total. The zero-order valence-electron chi connectivity index (χ0n) is 12.5. The van der Waals surface area contributed by atoms with Crippen LogP contribution in [0.3, 0.4) is 0 Å². The molecule has 1 saturated heterocycles. The molecule has 0 aliphatic carbocycles. The topological polar surface area (TPSA) is 95.9 Å². The second kappa shape index (κ2) is 8.07. The average Bonchev–Trinajstić information content (AvgIpc) is 2.52. The quantitative estimate of drug-likeness (QED) is 0.703. The molecule has 0 amide bonds. The molecule has 23 heavy (non-hydrogen) atoms. The number of benzene rings is 1. The third-order valence-corrected chi connectivity index (χ3v) is 5.31. The molecule has 1 aromatic rings. The predicted octanol–water partition coefficient (Wildman–Crippen LogP) is 1.04. The number of aromatic carboxylic acids is 1. The van der Waals surface area contributed by atoms with Gasteiger partial charge in [-0.3, -0.25) is 4.90 Å². The van der Waals surface area contributed by atoms with Crippen LogP contribution in [0.1, 0.15) is 16.8 Å². The summed E-state index contributed by atoms with van der Waals surface area (Å²) in [5.41, 5.74) is -0.233. The van der Waals surface area contributed by atoms with Crippen LogP contribution in [-0.4, -0.2) is 63.8 Å². The van der Waals surface area contributed by atoms with Gasteiger partial charge in [0.2, 0.25) is 10.0 Å². The molecule has 1 fully saturated rings. The lowest BCUT2D eigenvalue weighted by atomic mass is 10.2. The third-order valence-electron chi connectivity index (χ3n) is 3.53. The summed E-state index contributed by atoms with van der Waals surface area (Å²) in [4.78, 5) is 13.1. The summed E-state index contributed by atoms with van der Waals surface area (Å²) < 4.78 is 32.1. The molecule has 0 saturated carbocycles. The largest absolute Gasteiger partial charge is 0.478 e. The zero-order valence-corrected chi connectivity index (χ0v) is 14.1. The first-order chi connectivity index (χ1) is 10.9. The van der Waals surface area contributed by atoms with Crippen LogP contribution in [-0.2, 0) is 14.8 Å². The lowest BCUT2D eigenvalue weighted by Gasteiger charge is -2.26. The van der Waals surface area contributed by atoms with Gasteiger partial charge in [-0.2, -0.15) is 0 Å². The maximum Gasteiger partial charge on any atom is 0.337 e. The summed E-state index contributed by atoms with van der Waals surface area (Å²) in [6.45, 7) is 4.18. The fraction of sp³-hybridized carbons (Fsp3) is 0.500. The molecule has 1 aromatic carbocycles. The Morgan fingerprint density at radius 3 is 2.70 bits per heavy atom. The molecule has 128 valence electrons. The number of carboxylic acids is 1. The van der Waals surface area contributed by atoms with Crippen LogP contribution in [0.5, 0.6) is 0 Å². The van der Waals surface area contributed by atoms with Crippen molar-refractivity contribution in [3.63, 3.8) is 0 Å². The van der Waals surface area contributed by atoms with Gasteiger partial charge < -0.3 is 9.84 Å². The first-order valence-corrected chi connectivity index (χ1v) is 9.09. The van der Waals surface area contributed by atoms with Gasteiger partial charge in [-0.05, 0) is 31.2 Å². The number of morpholine rings is 1. The van der Waals surface area contributed by atoms with Crippen LogP contribution in [0.2, 0.25) is 5.02 Å². The van der Waals surface area contributed by atoms with Gasteiger partial charge in [0.1, 0.15) is 0 Å². The fourth-order valence-corrected chi connectivity index (χ4v) is 3.55. The van der Waals surface area contributed by atoms with E-state index < -0.39 is 16.0 Å². The van der Waals surface area contributed by atoms with Crippen LogP contribution < -0.4 is 4.72 Å². The summed E-state index contributed by atoms with van der Waals surface area (Å²) in [7, 11) is -3.75. The minimum atomic E-state index is -3.75. The van der Waals surface area contributed by atoms with Gasteiger partial charge in [-0.25, -0.2) is 17.9 Å². The Morgan fingerprint density at radius 2 is 2.04 bits per heavy atom. The van der Waals surface area contributed by atoms with Crippen molar-refractivity contribution in [2.75, 3.05) is 39.4 Å². The van der Waals surface area contributed by atoms with Crippen molar-refractivity contribution in [2.24, 2.45) is 0 Å². The minimum Gasteiger partial charge on any atom is -0.478 e. The van der Waals surface area contributed by atoms with Gasteiger partial charge in [0.05, 0.1) is 28.7 Å². The number of rotatable bonds is 7. The van der Waals surface area contributed by atoms with E-state index >= 15 is 0 Å². The molecule has 1 aliphatic heterocycles. The van der Waals surface area contributed by atoms with Crippen molar-refractivity contribution in [2.45, 2.75) is 11.3 Å². The average molecular weight is 363 g/mol. The molecule has 1 heterocycles. The van der Waals surface area contributed by atoms with Crippen molar-refractivity contribution in [3.8, 4) is 0 Å². The lowest BCUT2D eigenvalue weighted by Crippen LogP contribution is -2.38. The van der Waals surface area contributed by atoms with Gasteiger partial charge in [0.15, 0.2) is 0 Å². The number of hydrogen-bond donors (Lipinski definition) is 2. The Hall–Kier alpha value is -1.19. The Morgan fingerprint density at radius 1 is 1.35 bits per heavy atom. The van der Waals surface area contributed by atoms with E-state index in [0.29, 0.717) is 19.6 Å². The number of nitrogens with one attached hydrogen (secondary N) is 1. The zero-order chi connectivity index (χ0) is 16.9. The van der Waals surface area contributed by atoms with Gasteiger partial charge in [-0.15, -0.1) is 0 Å². The van der Waals surface area contributed by atoms with Crippen molar-refractivity contribution in [3.05, 3.63) is 28.8 Å². The van der Waals surface area contributed by atoms with E-state index in [0.717, 1.165) is 25.7 Å². The Kier molecular flexibility index (Phi) is 6.37. The van der Waals surface area contributed by atoms with E-state index in [2.05, 4.69) is 9.62 Å². The molecule has 9 heteroatoms. The smallest absolute Gasteiger partial charge is 0.337 e. The molecular formula is C14H19ClN2O5S. The van der Waals surface area contributed by atoms with E-state index in [9.17, 15) is 13.2 Å². The highest BCUT2D eigenvalue weighted by Gasteiger charge is 2.18. The molecule has 0 bridgehead atoms. The van der Waals surface area contributed by atoms with Crippen LogP contribution >= 0.6 is 11.6 Å². The van der Waals surface area contributed by atoms with Crippen LogP contribution in [0, 0.1) is 0 Å². The SMILES string of the molecule is O=C(O)c1cc(S(=O)(=O)NCCCN2CCOCC2)ccc1Cl. The predicted molar refractivity (Wildman–Crippen MR) is 85.5 cm³/mol. The number of carbonyl (C=O) groups is 1. The number of ether oxygens (including phenoxy) is 1. The highest BCUT2D eigenvalue weighted by atomic mass is 35.5. The number of hydrogen-bond acceptors (Lipinski definition) is 5. The maximum absolute atomic E-state index is 12.2. The van der Waals surface area contributed by atoms with E-state index in [-0.39, 0.29) is 22.0 Å². The summed E-state index contributed by atoms with van der Waals surface area (Å²) >= 11 is 5.74. The molecule has 2 rings (SSSR count). The summed E-state index contributed by atoms with van der Waals surface area (Å²) in [6.07, 6.45) is 0.665. The summed E-state index contributed by atoms with van der Waals surface area (Å²) in [5, 5.41) is 9.00. The number of halogens is 1. The van der Waals surface area contributed by atoms with Gasteiger partial charge in [0.25, 0.3) is 0 Å². The molecule has 7 nitrogen and oxygen atoms in total. The highest BCUT2D eigenvalue weighted by molar-refractivity contribution is 7.89. The Balaban J connectivity index is 1.91. The normalized spacial score (nSPS) is 16.4. The van der Waals surface area contributed by atoms with Crippen molar-refractivity contribution in [1.82, 2.24) is 9.62 Å². The molecule has 0 aromatic heterocycles. The molecule has 0 spiro atoms. The fourth-order valence-electron chi connectivity index (χ4n) is 2.25. The van der Waals surface area contributed by atoms with Gasteiger partial charge in [0, 0.05) is 19.6 Å². The highest BCUT2D eigenvalue weighted by Crippen LogP contribution is 2.20. The first kappa shape index (κ1) is 18.2. The lowest BCUT2D eigenvalue weighted by molar-refractivity contribution is 0.0376. The third kappa shape index (κ3) is 5.15. The van der Waals surface area contributed by atoms with E-state index in [1.54, 1.807) is 0 Å². The molecule has 1 aliphatic rings. The maximum atomic E-state index is 12.2. The Bertz CT molecular complexity index is 659.